The Kier molecular flexibility index (Phi) is 16.0. The molecule has 2 heteroatoms. The zero-order chi connectivity index (χ0) is 18.4. The van der Waals surface area contributed by atoms with Crippen LogP contribution in [0.3, 0.4) is 0 Å². The van der Waals surface area contributed by atoms with Crippen molar-refractivity contribution in [1.29, 1.82) is 0 Å². The van der Waals surface area contributed by atoms with Gasteiger partial charge in [0.25, 0.3) is 0 Å². The van der Waals surface area contributed by atoms with Crippen LogP contribution in [-0.2, 0) is 0 Å². The zero-order valence-electron chi connectivity index (χ0n) is 16.5. The molecule has 1 aromatic rings. The molecular weight excluding hydrogens is 478 g/mol. The monoisotopic (exact) mass is 513 g/mol. The number of benzene rings is 1. The van der Waals surface area contributed by atoms with Gasteiger partial charge in [-0.2, -0.15) is 0 Å². The molecule has 1 nitrogen and oxygen atoms in total. The molecule has 0 bridgehead atoms. The molecule has 1 aliphatic rings. The van der Waals surface area contributed by atoms with E-state index in [1.165, 1.54) is 22.3 Å². The number of hydrogen-bond acceptors (Lipinski definition) is 1. The van der Waals surface area contributed by atoms with E-state index in [2.05, 4.69) is 50.5 Å². The Labute approximate surface area is 160 Å². The van der Waals surface area contributed by atoms with Crippen LogP contribution in [0.5, 0.6) is 5.75 Å². The van der Waals surface area contributed by atoms with Crippen LogP contribution in [-0.4, -0.2) is 6.61 Å². The third-order valence-electron chi connectivity index (χ3n) is 3.47. The molecule has 1 aliphatic heterocycles. The van der Waals surface area contributed by atoms with E-state index < -0.39 is 0 Å². The normalized spacial score (nSPS) is 12.6. The van der Waals surface area contributed by atoms with E-state index in [4.69, 9.17) is 4.74 Å². The number of rotatable bonds is 2. The van der Waals surface area contributed by atoms with Gasteiger partial charge >= 0.3 is 29.4 Å². The van der Waals surface area contributed by atoms with Gasteiger partial charge in [-0.3, -0.25) is 0 Å². The summed E-state index contributed by atoms with van der Waals surface area (Å²) in [6, 6.07) is 8.25. The first-order valence-electron chi connectivity index (χ1n) is 8.57. The van der Waals surface area contributed by atoms with Crippen molar-refractivity contribution < 1.29 is 29.5 Å². The van der Waals surface area contributed by atoms with Crippen LogP contribution >= 0.6 is 0 Å². The Morgan fingerprint density at radius 3 is 2.13 bits per heavy atom. The summed E-state index contributed by atoms with van der Waals surface area (Å²) in [5.41, 5.74) is 5.27. The molecule has 132 valence electrons. The molecule has 0 spiro atoms. The minimum atomic E-state index is 0.590. The van der Waals surface area contributed by atoms with Gasteiger partial charge in [0.2, 0.25) is 0 Å². The molecule has 0 amide bonds. The summed E-state index contributed by atoms with van der Waals surface area (Å²) < 4.78 is 7.84. The molecule has 0 N–H and O–H groups in total. The van der Waals surface area contributed by atoms with Crippen LogP contribution in [0.4, 0.5) is 0 Å². The topological polar surface area (TPSA) is 9.23 Å². The summed E-state index contributed by atoms with van der Waals surface area (Å²) in [6.07, 6.45) is 2.27. The van der Waals surface area contributed by atoms with E-state index >= 15 is 0 Å². The number of para-hydroxylation sites is 1. The molecule has 0 radical (unpaired) electrons. The summed E-state index contributed by atoms with van der Waals surface area (Å²) in [5.74, 6) is 1.59. The van der Waals surface area contributed by atoms with Crippen molar-refractivity contribution >= 4 is 5.57 Å². The first-order chi connectivity index (χ1) is 11.1. The molecule has 1 heterocycles. The van der Waals surface area contributed by atoms with Crippen molar-refractivity contribution in [3.8, 4) is 5.75 Å². The van der Waals surface area contributed by atoms with Crippen LogP contribution in [0.15, 0.2) is 41.5 Å². The predicted molar refractivity (Wildman–Crippen MR) is 102 cm³/mol. The first kappa shape index (κ1) is 24.6. The van der Waals surface area contributed by atoms with Crippen LogP contribution < -0.4 is 4.74 Å². The van der Waals surface area contributed by atoms with Crippen molar-refractivity contribution in [1.82, 2.24) is 0 Å². The summed E-state index contributed by atoms with van der Waals surface area (Å²) in [4.78, 5) is 0. The standard InChI is InChI=1S/C16H20O.2C2H6.CH3At/c1-11(2)12(3)9-14-10-17-16-8-6-5-7-15(16)13(14)4;3*1-2/h5-9,11H,10H2,1-4H3;2*1-2H3;1H3/b12-9+;;;. The molecule has 23 heavy (non-hydrogen) atoms. The quantitative estimate of drug-likeness (QED) is 0.410. The van der Waals surface area contributed by atoms with E-state index in [1.54, 1.807) is 24.7 Å². The van der Waals surface area contributed by atoms with Gasteiger partial charge < -0.3 is 4.74 Å². The number of hydrogen-bond donors (Lipinski definition) is 0. The summed E-state index contributed by atoms with van der Waals surface area (Å²) in [6.45, 7) is 17.5. The second-order valence-electron chi connectivity index (χ2n) is 4.98. The molecular formula is C21H35AtO. The van der Waals surface area contributed by atoms with E-state index in [0.29, 0.717) is 12.5 Å². The Morgan fingerprint density at radius 2 is 1.61 bits per heavy atom. The summed E-state index contributed by atoms with van der Waals surface area (Å²) in [5, 5.41) is 0. The Morgan fingerprint density at radius 1 is 1.09 bits per heavy atom. The Hall–Kier alpha value is -0.617. The average Bonchev–Trinajstić information content (AvgIpc) is 2.62. The third kappa shape index (κ3) is 8.16. The second-order valence-corrected chi connectivity index (χ2v) is 4.98. The summed E-state index contributed by atoms with van der Waals surface area (Å²) in [7, 11) is 0. The molecule has 1 aromatic carbocycles. The van der Waals surface area contributed by atoms with Gasteiger partial charge in [0, 0.05) is 5.56 Å². The van der Waals surface area contributed by atoms with Gasteiger partial charge in [-0.05, 0) is 37.0 Å². The van der Waals surface area contributed by atoms with Gasteiger partial charge in [0.05, 0.1) is 0 Å². The van der Waals surface area contributed by atoms with Crippen molar-refractivity contribution in [2.75, 3.05) is 6.61 Å². The summed E-state index contributed by atoms with van der Waals surface area (Å²) >= 11 is 1.72. The van der Waals surface area contributed by atoms with Crippen molar-refractivity contribution in [2.45, 2.75) is 60.0 Å². The predicted octanol–water partition coefficient (Wildman–Crippen LogP) is 7.09. The molecule has 0 fully saturated rings. The average molecular weight is 514 g/mol. The number of ether oxygens (including phenoxy) is 1. The SMILES string of the molecule is CC.CC.CC1=C(/C=C(\C)C(C)C)COc2ccccc21.C[At]. The Balaban J connectivity index is 0. The minimum absolute atomic E-state index is 0.590. The first-order valence-corrected chi connectivity index (χ1v) is 11.5. The van der Waals surface area contributed by atoms with Gasteiger partial charge in [0.15, 0.2) is 0 Å². The van der Waals surface area contributed by atoms with Gasteiger partial charge in [-0.15, -0.1) is 0 Å². The zero-order valence-corrected chi connectivity index (χ0v) is 19.4. The van der Waals surface area contributed by atoms with Crippen molar-refractivity contribution in [3.05, 3.63) is 47.1 Å². The van der Waals surface area contributed by atoms with Gasteiger partial charge in [0.1, 0.15) is 12.4 Å². The van der Waals surface area contributed by atoms with E-state index in [-0.39, 0.29) is 0 Å². The van der Waals surface area contributed by atoms with Gasteiger partial charge in [-0.25, -0.2) is 0 Å². The molecule has 0 aliphatic carbocycles. The van der Waals surface area contributed by atoms with E-state index in [1.807, 2.05) is 39.8 Å². The van der Waals surface area contributed by atoms with Gasteiger partial charge in [-0.1, -0.05) is 71.4 Å². The maximum atomic E-state index is 5.78. The molecule has 0 aromatic heterocycles. The fourth-order valence-corrected chi connectivity index (χ4v) is 1.93. The molecule has 0 saturated carbocycles. The third-order valence-corrected chi connectivity index (χ3v) is 3.47. The van der Waals surface area contributed by atoms with E-state index in [9.17, 15) is 0 Å². The molecule has 0 unspecified atom stereocenters. The number of allylic oxidation sites excluding steroid dienone is 2. The van der Waals surface area contributed by atoms with Crippen molar-refractivity contribution in [2.24, 2.45) is 5.92 Å². The number of fused-ring (bicyclic) bond motifs is 1. The maximum absolute atomic E-state index is 5.78. The molecule has 0 atom stereocenters. The molecule has 2 rings (SSSR count). The van der Waals surface area contributed by atoms with Crippen LogP contribution in [0.2, 0.25) is 4.63 Å². The fourth-order valence-electron chi connectivity index (χ4n) is 1.93. The Bertz CT molecular complexity index is 484. The van der Waals surface area contributed by atoms with Crippen LogP contribution in [0.25, 0.3) is 5.57 Å². The fraction of sp³-hybridized carbons (Fsp3) is 0.524. The van der Waals surface area contributed by atoms with Crippen LogP contribution in [0, 0.1) is 30.6 Å². The molecule has 0 saturated heterocycles. The second kappa shape index (κ2) is 14.9. The van der Waals surface area contributed by atoms with Crippen LogP contribution in [0.1, 0.15) is 61.0 Å². The van der Waals surface area contributed by atoms with E-state index in [0.717, 1.165) is 5.75 Å². The van der Waals surface area contributed by atoms with Crippen molar-refractivity contribution in [3.63, 3.8) is 0 Å².